The lowest BCUT2D eigenvalue weighted by Crippen LogP contribution is -1.85. The van der Waals surface area contributed by atoms with Crippen LogP contribution in [-0.4, -0.2) is 0 Å². The number of allylic oxidation sites excluding steroid dienone is 2. The molecule has 1 heteroatoms. The third-order valence-corrected chi connectivity index (χ3v) is 2.95. The van der Waals surface area contributed by atoms with Gasteiger partial charge in [-0.05, 0) is 50.3 Å². The molecule has 0 saturated carbocycles. The molecule has 0 N–H and O–H groups in total. The van der Waals surface area contributed by atoms with Crippen LogP contribution < -0.4 is 0 Å². The molecule has 0 atom stereocenters. The Labute approximate surface area is 104 Å². The molecule has 88 valence electrons. The van der Waals surface area contributed by atoms with E-state index in [9.17, 15) is 0 Å². The van der Waals surface area contributed by atoms with E-state index in [2.05, 4.69) is 31.2 Å². The Balaban J connectivity index is 2.07. The highest BCUT2D eigenvalue weighted by atomic mass is 35.5. The molecule has 0 unspecified atom stereocenters. The summed E-state index contributed by atoms with van der Waals surface area (Å²) < 4.78 is 0. The van der Waals surface area contributed by atoms with Crippen molar-refractivity contribution in [3.63, 3.8) is 0 Å². The van der Waals surface area contributed by atoms with Crippen molar-refractivity contribution in [3.8, 4) is 0 Å². The first kappa shape index (κ1) is 13.3. The predicted molar refractivity (Wildman–Crippen MR) is 73.1 cm³/mol. The summed E-state index contributed by atoms with van der Waals surface area (Å²) >= 11 is 5.93. The fourth-order valence-electron chi connectivity index (χ4n) is 1.80. The molecular formula is C15H21Cl. The summed E-state index contributed by atoms with van der Waals surface area (Å²) in [5.41, 5.74) is 1.36. The first-order valence-corrected chi connectivity index (χ1v) is 6.56. The van der Waals surface area contributed by atoms with Gasteiger partial charge in [0.05, 0.1) is 0 Å². The van der Waals surface area contributed by atoms with Gasteiger partial charge in [0.15, 0.2) is 0 Å². The molecule has 0 aliphatic heterocycles. The van der Waals surface area contributed by atoms with Crippen LogP contribution in [0.2, 0.25) is 5.02 Å². The summed E-state index contributed by atoms with van der Waals surface area (Å²) in [6.07, 6.45) is 12.0. The lowest BCUT2D eigenvalue weighted by Gasteiger charge is -2.02. The summed E-state index contributed by atoms with van der Waals surface area (Å²) in [5, 5.41) is 0.852. The first-order chi connectivity index (χ1) is 7.83. The Kier molecular flexibility index (Phi) is 7.00. The summed E-state index contributed by atoms with van der Waals surface area (Å²) in [5.74, 6) is 0. The Morgan fingerprint density at radius 1 is 1.12 bits per heavy atom. The molecule has 1 aromatic carbocycles. The van der Waals surface area contributed by atoms with Crippen LogP contribution in [-0.2, 0) is 6.42 Å². The third-order valence-electron chi connectivity index (χ3n) is 2.71. The molecule has 16 heavy (non-hydrogen) atoms. The van der Waals surface area contributed by atoms with Crippen LogP contribution in [0.15, 0.2) is 36.4 Å². The van der Waals surface area contributed by atoms with E-state index in [0.717, 1.165) is 11.4 Å². The highest BCUT2D eigenvalue weighted by Crippen LogP contribution is 2.14. The van der Waals surface area contributed by atoms with Crippen LogP contribution in [0.1, 0.15) is 44.6 Å². The molecule has 0 saturated heterocycles. The van der Waals surface area contributed by atoms with Crippen molar-refractivity contribution in [3.05, 3.63) is 47.0 Å². The first-order valence-electron chi connectivity index (χ1n) is 6.18. The van der Waals surface area contributed by atoms with Gasteiger partial charge in [-0.3, -0.25) is 0 Å². The van der Waals surface area contributed by atoms with Crippen LogP contribution >= 0.6 is 11.6 Å². The van der Waals surface area contributed by atoms with E-state index in [1.807, 2.05) is 12.1 Å². The maximum absolute atomic E-state index is 5.93. The Morgan fingerprint density at radius 3 is 2.69 bits per heavy atom. The number of hydrogen-bond acceptors (Lipinski definition) is 0. The highest BCUT2D eigenvalue weighted by molar-refractivity contribution is 6.30. The number of aryl methyl sites for hydroxylation is 1. The Bertz CT molecular complexity index is 315. The van der Waals surface area contributed by atoms with Crippen molar-refractivity contribution in [1.82, 2.24) is 0 Å². The number of benzene rings is 1. The molecule has 0 bridgehead atoms. The van der Waals surface area contributed by atoms with Gasteiger partial charge >= 0.3 is 0 Å². The van der Waals surface area contributed by atoms with Crippen molar-refractivity contribution in [2.75, 3.05) is 0 Å². The molecular weight excluding hydrogens is 216 g/mol. The molecule has 0 aromatic heterocycles. The largest absolute Gasteiger partial charge is 0.0917 e. The van der Waals surface area contributed by atoms with E-state index in [1.54, 1.807) is 0 Å². The van der Waals surface area contributed by atoms with Crippen molar-refractivity contribution in [2.45, 2.75) is 45.4 Å². The van der Waals surface area contributed by atoms with Crippen LogP contribution in [0.4, 0.5) is 0 Å². The molecule has 1 rings (SSSR count). The minimum absolute atomic E-state index is 0.852. The average Bonchev–Trinajstić information content (AvgIpc) is 2.28. The maximum atomic E-state index is 5.93. The summed E-state index contributed by atoms with van der Waals surface area (Å²) in [6.45, 7) is 2.08. The molecule has 0 spiro atoms. The van der Waals surface area contributed by atoms with Gasteiger partial charge < -0.3 is 0 Å². The zero-order valence-corrected chi connectivity index (χ0v) is 10.8. The number of rotatable bonds is 7. The van der Waals surface area contributed by atoms with Gasteiger partial charge in [0.25, 0.3) is 0 Å². The fourth-order valence-corrected chi connectivity index (χ4v) is 2.02. The summed E-state index contributed by atoms with van der Waals surface area (Å²) in [4.78, 5) is 0. The van der Waals surface area contributed by atoms with E-state index >= 15 is 0 Å². The zero-order chi connectivity index (χ0) is 11.6. The van der Waals surface area contributed by atoms with Crippen LogP contribution in [0, 0.1) is 0 Å². The normalized spacial score (nSPS) is 11.1. The van der Waals surface area contributed by atoms with E-state index in [1.165, 1.54) is 37.7 Å². The molecule has 0 aliphatic carbocycles. The molecule has 0 radical (unpaired) electrons. The smallest absolute Gasteiger partial charge is 0.0408 e. The quantitative estimate of drug-likeness (QED) is 0.439. The van der Waals surface area contributed by atoms with E-state index < -0.39 is 0 Å². The monoisotopic (exact) mass is 236 g/mol. The predicted octanol–water partition coefficient (Wildman–Crippen LogP) is 5.41. The van der Waals surface area contributed by atoms with Gasteiger partial charge in [-0.1, -0.05) is 48.7 Å². The topological polar surface area (TPSA) is 0 Å². The summed E-state index contributed by atoms with van der Waals surface area (Å²) in [6, 6.07) is 8.19. The molecule has 0 amide bonds. The second-order valence-corrected chi connectivity index (χ2v) is 4.59. The third kappa shape index (κ3) is 5.97. The van der Waals surface area contributed by atoms with Crippen molar-refractivity contribution in [2.24, 2.45) is 0 Å². The maximum Gasteiger partial charge on any atom is 0.0408 e. The average molecular weight is 237 g/mol. The van der Waals surface area contributed by atoms with Crippen molar-refractivity contribution in [1.29, 1.82) is 0 Å². The minimum atomic E-state index is 0.852. The molecule has 1 aromatic rings. The van der Waals surface area contributed by atoms with Crippen LogP contribution in [0.5, 0.6) is 0 Å². The van der Waals surface area contributed by atoms with Crippen molar-refractivity contribution >= 4 is 11.6 Å². The van der Waals surface area contributed by atoms with Gasteiger partial charge in [0, 0.05) is 5.02 Å². The Hall–Kier alpha value is -0.750. The lowest BCUT2D eigenvalue weighted by molar-refractivity contribution is 0.646. The van der Waals surface area contributed by atoms with Gasteiger partial charge in [-0.15, -0.1) is 0 Å². The number of unbranched alkanes of at least 4 members (excludes halogenated alkanes) is 4. The molecule has 0 fully saturated rings. The minimum Gasteiger partial charge on any atom is -0.0917 e. The SMILES string of the molecule is C/C=C/CCCCCCc1cccc(Cl)c1. The standard InChI is InChI=1S/C15H21Cl/c1-2-3-4-5-6-7-8-10-14-11-9-12-15(16)13-14/h2-3,9,11-13H,4-8,10H2,1H3/b3-2+. The van der Waals surface area contributed by atoms with Gasteiger partial charge in [0.1, 0.15) is 0 Å². The van der Waals surface area contributed by atoms with Gasteiger partial charge in [0.2, 0.25) is 0 Å². The second kappa shape index (κ2) is 8.41. The van der Waals surface area contributed by atoms with Crippen molar-refractivity contribution < 1.29 is 0 Å². The Morgan fingerprint density at radius 2 is 1.94 bits per heavy atom. The zero-order valence-electron chi connectivity index (χ0n) is 10.1. The molecule has 0 nitrogen and oxygen atoms in total. The fraction of sp³-hybridized carbons (Fsp3) is 0.467. The van der Waals surface area contributed by atoms with E-state index in [0.29, 0.717) is 0 Å². The van der Waals surface area contributed by atoms with Crippen LogP contribution in [0.25, 0.3) is 0 Å². The molecule has 0 aliphatic rings. The van der Waals surface area contributed by atoms with E-state index in [-0.39, 0.29) is 0 Å². The van der Waals surface area contributed by atoms with Gasteiger partial charge in [-0.2, -0.15) is 0 Å². The number of hydrogen-bond donors (Lipinski definition) is 0. The molecule has 0 heterocycles. The summed E-state index contributed by atoms with van der Waals surface area (Å²) in [7, 11) is 0. The second-order valence-electron chi connectivity index (χ2n) is 4.15. The number of halogens is 1. The highest BCUT2D eigenvalue weighted by Gasteiger charge is 1.94. The lowest BCUT2D eigenvalue weighted by atomic mass is 10.1. The van der Waals surface area contributed by atoms with E-state index in [4.69, 9.17) is 11.6 Å². The van der Waals surface area contributed by atoms with Crippen LogP contribution in [0.3, 0.4) is 0 Å². The van der Waals surface area contributed by atoms with Gasteiger partial charge in [-0.25, -0.2) is 0 Å².